The van der Waals surface area contributed by atoms with E-state index >= 15 is 0 Å². The summed E-state index contributed by atoms with van der Waals surface area (Å²) in [4.78, 5) is 22.2. The third-order valence-electron chi connectivity index (χ3n) is 2.24. The van der Waals surface area contributed by atoms with Gasteiger partial charge < -0.3 is 10.2 Å². The van der Waals surface area contributed by atoms with Gasteiger partial charge in [-0.15, -0.1) is 0 Å². The predicted molar refractivity (Wildman–Crippen MR) is 53.8 cm³/mol. The Balaban J connectivity index is 2.36. The lowest BCUT2D eigenvalue weighted by molar-refractivity contribution is -0.156. The minimum absolute atomic E-state index is 0.198. The lowest BCUT2D eigenvalue weighted by Gasteiger charge is -2.24. The van der Waals surface area contributed by atoms with Gasteiger partial charge in [-0.25, -0.2) is 0 Å². The van der Waals surface area contributed by atoms with Crippen molar-refractivity contribution in [1.29, 1.82) is 0 Å². The average Bonchev–Trinajstić information content (AvgIpc) is 2.15. The molecule has 0 aliphatic carbocycles. The quantitative estimate of drug-likeness (QED) is 0.526. The van der Waals surface area contributed by atoms with E-state index in [-0.39, 0.29) is 5.91 Å². The van der Waals surface area contributed by atoms with Crippen molar-refractivity contribution in [3.05, 3.63) is 12.7 Å². The van der Waals surface area contributed by atoms with E-state index in [9.17, 15) is 9.69 Å². The van der Waals surface area contributed by atoms with Crippen LogP contribution in [0.15, 0.2) is 12.7 Å². The molecule has 1 aliphatic heterocycles. The van der Waals surface area contributed by atoms with Gasteiger partial charge in [-0.3, -0.25) is 4.79 Å². The lowest BCUT2D eigenvalue weighted by atomic mass is 10.2. The van der Waals surface area contributed by atoms with Crippen LogP contribution >= 0.6 is 7.77 Å². The second-order valence-electron chi connectivity index (χ2n) is 3.08. The number of amides is 1. The van der Waals surface area contributed by atoms with Gasteiger partial charge in [0.25, 0.3) is 0 Å². The first-order chi connectivity index (χ1) is 6.19. The Kier molecular flexibility index (Phi) is 3.64. The summed E-state index contributed by atoms with van der Waals surface area (Å²) in [5.41, 5.74) is 0.352. The molecule has 0 spiro atoms. The standard InChI is InChI=1S/C9H14NO2P/c1-3-7-5-8(13(7)12)6-10-9(11)4-2/h4,7H,2-3,5-6H2,1H3,(H,10,11). The van der Waals surface area contributed by atoms with E-state index in [4.69, 9.17) is 0 Å². The number of carbonyl (C=O) groups is 1. The SMILES string of the molecule is C=CC(=O)NCC1=[P+]([O-])C(CC)C1. The molecule has 0 fully saturated rings. The fourth-order valence-corrected chi connectivity index (χ4v) is 2.86. The zero-order valence-corrected chi connectivity index (χ0v) is 8.64. The van der Waals surface area contributed by atoms with Crippen molar-refractivity contribution in [3.63, 3.8) is 0 Å². The van der Waals surface area contributed by atoms with Gasteiger partial charge >= 0.3 is 0 Å². The van der Waals surface area contributed by atoms with Crippen LogP contribution in [0.25, 0.3) is 0 Å². The molecule has 0 aromatic rings. The zero-order chi connectivity index (χ0) is 9.84. The topological polar surface area (TPSA) is 52.2 Å². The highest BCUT2D eigenvalue weighted by Gasteiger charge is 2.32. The molecule has 2 atom stereocenters. The van der Waals surface area contributed by atoms with E-state index < -0.39 is 7.77 Å². The molecule has 0 aromatic heterocycles. The molecule has 13 heavy (non-hydrogen) atoms. The van der Waals surface area contributed by atoms with Crippen LogP contribution in [0.4, 0.5) is 0 Å². The minimum atomic E-state index is -1.16. The molecule has 1 aliphatic rings. The van der Waals surface area contributed by atoms with Crippen LogP contribution in [0, 0.1) is 0 Å². The maximum absolute atomic E-state index is 11.4. The van der Waals surface area contributed by atoms with Crippen molar-refractivity contribution < 1.29 is 9.69 Å². The zero-order valence-electron chi connectivity index (χ0n) is 7.75. The summed E-state index contributed by atoms with van der Waals surface area (Å²) in [7, 11) is -1.16. The van der Waals surface area contributed by atoms with Crippen LogP contribution in [-0.4, -0.2) is 23.4 Å². The molecular weight excluding hydrogens is 185 g/mol. The first-order valence-electron chi connectivity index (χ1n) is 4.40. The molecule has 0 bridgehead atoms. The summed E-state index contributed by atoms with van der Waals surface area (Å²) in [6, 6.07) is 0. The minimum Gasteiger partial charge on any atom is -0.630 e. The number of nitrogens with one attached hydrogen (secondary N) is 1. The number of hydrogen-bond donors (Lipinski definition) is 1. The molecule has 1 amide bonds. The van der Waals surface area contributed by atoms with Crippen LogP contribution in [0.1, 0.15) is 19.8 Å². The summed E-state index contributed by atoms with van der Waals surface area (Å²) in [6.07, 6.45) is 3.10. The Labute approximate surface area is 79.3 Å². The van der Waals surface area contributed by atoms with E-state index in [1.807, 2.05) is 6.92 Å². The van der Waals surface area contributed by atoms with Crippen molar-refractivity contribution >= 4 is 19.0 Å². The van der Waals surface area contributed by atoms with Crippen molar-refractivity contribution in [2.75, 3.05) is 6.54 Å². The molecule has 72 valence electrons. The fraction of sp³-hybridized carbons (Fsp3) is 0.556. The van der Waals surface area contributed by atoms with Gasteiger partial charge in [-0.1, -0.05) is 13.5 Å². The van der Waals surface area contributed by atoms with Crippen molar-refractivity contribution in [3.8, 4) is 0 Å². The molecular formula is C9H14NO2P. The van der Waals surface area contributed by atoms with E-state index in [1.54, 1.807) is 0 Å². The smallest absolute Gasteiger partial charge is 0.243 e. The Hall–Kier alpha value is -0.660. The first-order valence-corrected chi connectivity index (χ1v) is 5.73. The monoisotopic (exact) mass is 199 g/mol. The highest BCUT2D eigenvalue weighted by Crippen LogP contribution is 2.38. The van der Waals surface area contributed by atoms with Crippen LogP contribution < -0.4 is 10.2 Å². The highest BCUT2D eigenvalue weighted by atomic mass is 31.1. The molecule has 0 saturated heterocycles. The number of hydrogen-bond acceptors (Lipinski definition) is 2. The predicted octanol–water partition coefficient (Wildman–Crippen LogP) is 0.400. The second kappa shape index (κ2) is 4.54. The maximum Gasteiger partial charge on any atom is 0.243 e. The third-order valence-corrected chi connectivity index (χ3v) is 4.41. The fourth-order valence-electron chi connectivity index (χ4n) is 1.31. The van der Waals surface area contributed by atoms with Crippen LogP contribution in [-0.2, 0) is 4.79 Å². The molecule has 1 heterocycles. The summed E-state index contributed by atoms with van der Waals surface area (Å²) < 4.78 is 0. The largest absolute Gasteiger partial charge is 0.630 e. The molecule has 1 N–H and O–H groups in total. The maximum atomic E-state index is 11.4. The second-order valence-corrected chi connectivity index (χ2v) is 5.09. The van der Waals surface area contributed by atoms with Gasteiger partial charge in [0.2, 0.25) is 5.91 Å². The summed E-state index contributed by atoms with van der Waals surface area (Å²) in [5.74, 6) is -0.198. The van der Waals surface area contributed by atoms with E-state index in [2.05, 4.69) is 11.9 Å². The molecule has 0 saturated carbocycles. The van der Waals surface area contributed by atoms with Gasteiger partial charge in [0, 0.05) is 0 Å². The van der Waals surface area contributed by atoms with Gasteiger partial charge in [0.1, 0.15) is 11.0 Å². The Morgan fingerprint density at radius 2 is 2.62 bits per heavy atom. The van der Waals surface area contributed by atoms with Crippen LogP contribution in [0.2, 0.25) is 0 Å². The van der Waals surface area contributed by atoms with Crippen LogP contribution in [0.3, 0.4) is 0 Å². The van der Waals surface area contributed by atoms with Gasteiger partial charge in [0.15, 0.2) is 0 Å². The molecule has 4 heteroatoms. The molecule has 0 radical (unpaired) electrons. The normalized spacial score (nSPS) is 23.7. The average molecular weight is 199 g/mol. The Morgan fingerprint density at radius 1 is 1.92 bits per heavy atom. The van der Waals surface area contributed by atoms with Gasteiger partial charge in [-0.05, 0) is 12.5 Å². The van der Waals surface area contributed by atoms with Gasteiger partial charge in [0.05, 0.1) is 20.7 Å². The van der Waals surface area contributed by atoms with Gasteiger partial charge in [-0.2, -0.15) is 0 Å². The number of carbonyl (C=O) groups excluding carboxylic acids is 1. The summed E-state index contributed by atoms with van der Waals surface area (Å²) in [5, 5.41) is 3.61. The molecule has 3 nitrogen and oxygen atoms in total. The molecule has 2 unspecified atom stereocenters. The molecule has 0 aromatic carbocycles. The van der Waals surface area contributed by atoms with E-state index in [1.165, 1.54) is 6.08 Å². The number of rotatable bonds is 4. The van der Waals surface area contributed by atoms with Crippen molar-refractivity contribution in [1.82, 2.24) is 5.32 Å². The summed E-state index contributed by atoms with van der Waals surface area (Å²) >= 11 is 0. The lowest BCUT2D eigenvalue weighted by Crippen LogP contribution is -2.36. The van der Waals surface area contributed by atoms with Crippen molar-refractivity contribution in [2.45, 2.75) is 25.4 Å². The van der Waals surface area contributed by atoms with E-state index in [0.29, 0.717) is 12.2 Å². The Morgan fingerprint density at radius 3 is 3.08 bits per heavy atom. The van der Waals surface area contributed by atoms with Crippen LogP contribution in [0.5, 0.6) is 0 Å². The molecule has 1 rings (SSSR count). The van der Waals surface area contributed by atoms with Crippen molar-refractivity contribution in [2.24, 2.45) is 0 Å². The summed E-state index contributed by atoms with van der Waals surface area (Å²) in [6.45, 7) is 5.83. The first kappa shape index (κ1) is 10.4. The Bertz CT molecular complexity index is 260. The highest BCUT2D eigenvalue weighted by molar-refractivity contribution is 7.55. The van der Waals surface area contributed by atoms with E-state index in [0.717, 1.165) is 18.1 Å². The third kappa shape index (κ3) is 2.39.